The van der Waals surface area contributed by atoms with Gasteiger partial charge >= 0.3 is 0 Å². The second-order valence-electron chi connectivity index (χ2n) is 5.52. The van der Waals surface area contributed by atoms with E-state index in [9.17, 15) is 9.18 Å². The fourth-order valence-electron chi connectivity index (χ4n) is 2.03. The molecule has 0 bridgehead atoms. The smallest absolute Gasteiger partial charge is 0.270 e. The summed E-state index contributed by atoms with van der Waals surface area (Å²) in [6.45, 7) is 4.53. The molecule has 0 saturated carbocycles. The molecule has 1 heterocycles. The Morgan fingerprint density at radius 1 is 1.48 bits per heavy atom. The number of thiazole rings is 1. The molecule has 0 unspecified atom stereocenters. The van der Waals surface area contributed by atoms with Gasteiger partial charge in [-0.2, -0.15) is 0 Å². The highest BCUT2D eigenvalue weighted by Crippen LogP contribution is 2.30. The summed E-state index contributed by atoms with van der Waals surface area (Å²) in [5.41, 5.74) is 6.17. The van der Waals surface area contributed by atoms with Gasteiger partial charge in [0, 0.05) is 28.9 Å². The standard InChI is InChI=1S/C15H17ClFN3OS.ClH/c1-15(2,10-4-3-9(17)5-11(10)16)8-19-14(21)12-7-22-13(6-18)20-12;/h3-5,7H,6,8,18H2,1-2H3,(H,19,21);1H. The maximum atomic E-state index is 13.1. The van der Waals surface area contributed by atoms with Crippen LogP contribution in [0.2, 0.25) is 5.02 Å². The van der Waals surface area contributed by atoms with Crippen LogP contribution in [-0.2, 0) is 12.0 Å². The molecule has 3 N–H and O–H groups in total. The molecule has 2 aromatic rings. The third kappa shape index (κ3) is 4.88. The van der Waals surface area contributed by atoms with Crippen LogP contribution in [0.3, 0.4) is 0 Å². The molecule has 0 aliphatic rings. The highest BCUT2D eigenvalue weighted by atomic mass is 35.5. The summed E-state index contributed by atoms with van der Waals surface area (Å²) >= 11 is 7.44. The highest BCUT2D eigenvalue weighted by molar-refractivity contribution is 7.09. The largest absolute Gasteiger partial charge is 0.350 e. The maximum absolute atomic E-state index is 13.1. The predicted molar refractivity (Wildman–Crippen MR) is 94.0 cm³/mol. The molecule has 23 heavy (non-hydrogen) atoms. The lowest BCUT2D eigenvalue weighted by Gasteiger charge is -2.26. The first-order valence-electron chi connectivity index (χ1n) is 6.71. The van der Waals surface area contributed by atoms with Crippen LogP contribution < -0.4 is 11.1 Å². The van der Waals surface area contributed by atoms with Gasteiger partial charge in [0.15, 0.2) is 0 Å². The van der Waals surface area contributed by atoms with E-state index in [2.05, 4.69) is 10.3 Å². The predicted octanol–water partition coefficient (Wildman–Crippen LogP) is 3.52. The Morgan fingerprint density at radius 3 is 2.74 bits per heavy atom. The highest BCUT2D eigenvalue weighted by Gasteiger charge is 2.25. The van der Waals surface area contributed by atoms with Gasteiger partial charge in [-0.05, 0) is 17.7 Å². The van der Waals surface area contributed by atoms with E-state index in [-0.39, 0.29) is 24.1 Å². The number of halogens is 3. The monoisotopic (exact) mass is 377 g/mol. The third-order valence-electron chi connectivity index (χ3n) is 3.31. The minimum atomic E-state index is -0.437. The fourth-order valence-corrected chi connectivity index (χ4v) is 3.11. The Kier molecular flexibility index (Phi) is 6.95. The minimum Gasteiger partial charge on any atom is -0.350 e. The summed E-state index contributed by atoms with van der Waals surface area (Å²) in [6.07, 6.45) is 0. The van der Waals surface area contributed by atoms with Gasteiger partial charge in [0.25, 0.3) is 5.91 Å². The van der Waals surface area contributed by atoms with Crippen molar-refractivity contribution in [1.82, 2.24) is 10.3 Å². The van der Waals surface area contributed by atoms with Crippen LogP contribution in [0.5, 0.6) is 0 Å². The number of nitrogens with two attached hydrogens (primary N) is 1. The normalized spacial score (nSPS) is 11.0. The Hall–Kier alpha value is -1.21. The average Bonchev–Trinajstić information content (AvgIpc) is 2.93. The van der Waals surface area contributed by atoms with Crippen molar-refractivity contribution < 1.29 is 9.18 Å². The van der Waals surface area contributed by atoms with Gasteiger partial charge in [0.05, 0.1) is 0 Å². The average molecular weight is 378 g/mol. The van der Waals surface area contributed by atoms with Crippen molar-refractivity contribution in [1.29, 1.82) is 0 Å². The van der Waals surface area contributed by atoms with Crippen molar-refractivity contribution >= 4 is 41.3 Å². The van der Waals surface area contributed by atoms with E-state index in [1.807, 2.05) is 13.8 Å². The molecule has 2 rings (SSSR count). The quantitative estimate of drug-likeness (QED) is 0.837. The lowest BCUT2D eigenvalue weighted by molar-refractivity contribution is 0.0941. The number of carbonyl (C=O) groups is 1. The molecule has 0 radical (unpaired) electrons. The van der Waals surface area contributed by atoms with Crippen molar-refractivity contribution in [3.63, 3.8) is 0 Å². The lowest BCUT2D eigenvalue weighted by atomic mass is 9.84. The summed E-state index contributed by atoms with van der Waals surface area (Å²) in [5, 5.41) is 5.56. The van der Waals surface area contributed by atoms with Crippen molar-refractivity contribution in [2.24, 2.45) is 5.73 Å². The second-order valence-corrected chi connectivity index (χ2v) is 6.87. The van der Waals surface area contributed by atoms with Crippen LogP contribution in [-0.4, -0.2) is 17.4 Å². The zero-order chi connectivity index (χ0) is 16.3. The molecule has 0 atom stereocenters. The minimum absolute atomic E-state index is 0. The molecule has 0 fully saturated rings. The van der Waals surface area contributed by atoms with Gasteiger partial charge in [-0.25, -0.2) is 9.37 Å². The number of nitrogens with one attached hydrogen (secondary N) is 1. The first-order valence-corrected chi connectivity index (χ1v) is 7.97. The van der Waals surface area contributed by atoms with Gasteiger partial charge in [-0.1, -0.05) is 31.5 Å². The van der Waals surface area contributed by atoms with Crippen molar-refractivity contribution in [3.8, 4) is 0 Å². The van der Waals surface area contributed by atoms with Crippen LogP contribution in [0, 0.1) is 5.82 Å². The molecular formula is C15H18Cl2FN3OS. The number of hydrogen-bond acceptors (Lipinski definition) is 4. The van der Waals surface area contributed by atoms with Gasteiger partial charge in [0.2, 0.25) is 0 Å². The van der Waals surface area contributed by atoms with E-state index in [0.717, 1.165) is 5.56 Å². The van der Waals surface area contributed by atoms with Crippen molar-refractivity contribution in [3.05, 3.63) is 50.7 Å². The van der Waals surface area contributed by atoms with E-state index in [1.54, 1.807) is 11.4 Å². The molecule has 126 valence electrons. The molecular weight excluding hydrogens is 360 g/mol. The molecule has 0 spiro atoms. The van der Waals surface area contributed by atoms with Gasteiger partial charge in [-0.3, -0.25) is 4.79 Å². The number of hydrogen-bond donors (Lipinski definition) is 2. The molecule has 0 saturated heterocycles. The first-order chi connectivity index (χ1) is 10.3. The van der Waals surface area contributed by atoms with Crippen molar-refractivity contribution in [2.75, 3.05) is 6.54 Å². The van der Waals surface area contributed by atoms with E-state index in [0.29, 0.717) is 28.8 Å². The molecule has 1 amide bonds. The number of rotatable bonds is 5. The van der Waals surface area contributed by atoms with Gasteiger partial charge in [-0.15, -0.1) is 23.7 Å². The topological polar surface area (TPSA) is 68.0 Å². The Balaban J connectivity index is 0.00000264. The Labute approximate surface area is 149 Å². The van der Waals surface area contributed by atoms with Crippen LogP contribution in [0.4, 0.5) is 4.39 Å². The number of benzene rings is 1. The SMILES string of the molecule is CC(C)(CNC(=O)c1csc(CN)n1)c1ccc(F)cc1Cl.Cl. The van der Waals surface area contributed by atoms with E-state index in [1.165, 1.54) is 23.5 Å². The summed E-state index contributed by atoms with van der Waals surface area (Å²) < 4.78 is 13.1. The number of nitrogens with zero attached hydrogens (tertiary/aromatic N) is 1. The number of amides is 1. The summed E-state index contributed by atoms with van der Waals surface area (Å²) in [6, 6.07) is 4.27. The first kappa shape index (κ1) is 19.8. The number of aromatic nitrogens is 1. The van der Waals surface area contributed by atoms with E-state index < -0.39 is 5.41 Å². The Bertz CT molecular complexity index is 691. The zero-order valence-corrected chi connectivity index (χ0v) is 15.1. The summed E-state index contributed by atoms with van der Waals surface area (Å²) in [7, 11) is 0. The molecule has 1 aromatic heterocycles. The van der Waals surface area contributed by atoms with Crippen molar-refractivity contribution in [2.45, 2.75) is 25.8 Å². The maximum Gasteiger partial charge on any atom is 0.270 e. The van der Waals surface area contributed by atoms with Gasteiger partial charge in [0.1, 0.15) is 16.5 Å². The molecule has 1 aromatic carbocycles. The summed E-state index contributed by atoms with van der Waals surface area (Å²) in [5.74, 6) is -0.646. The summed E-state index contributed by atoms with van der Waals surface area (Å²) in [4.78, 5) is 16.2. The molecule has 0 aliphatic heterocycles. The van der Waals surface area contributed by atoms with Crippen LogP contribution in [0.25, 0.3) is 0 Å². The molecule has 4 nitrogen and oxygen atoms in total. The van der Waals surface area contributed by atoms with Crippen LogP contribution in [0.15, 0.2) is 23.6 Å². The number of carbonyl (C=O) groups excluding carboxylic acids is 1. The molecule has 8 heteroatoms. The Morgan fingerprint density at radius 2 is 2.17 bits per heavy atom. The second kappa shape index (κ2) is 8.06. The van der Waals surface area contributed by atoms with E-state index in [4.69, 9.17) is 17.3 Å². The van der Waals surface area contributed by atoms with E-state index >= 15 is 0 Å². The third-order valence-corrected chi connectivity index (χ3v) is 4.49. The fraction of sp³-hybridized carbons (Fsp3) is 0.333. The van der Waals surface area contributed by atoms with Crippen LogP contribution in [0.1, 0.15) is 34.9 Å². The van der Waals surface area contributed by atoms with Crippen LogP contribution >= 0.6 is 35.3 Å². The molecule has 0 aliphatic carbocycles. The van der Waals surface area contributed by atoms with Gasteiger partial charge < -0.3 is 11.1 Å². The lowest BCUT2D eigenvalue weighted by Crippen LogP contribution is -2.37. The zero-order valence-electron chi connectivity index (χ0n) is 12.7.